The summed E-state index contributed by atoms with van der Waals surface area (Å²) in [5.41, 5.74) is 0.410. The van der Waals surface area contributed by atoms with Crippen LogP contribution in [0.1, 0.15) is 10.4 Å². The fraction of sp³-hybridized carbons (Fsp3) is 0.188. The number of nitro groups is 1. The second-order valence-electron chi connectivity index (χ2n) is 4.66. The molecule has 8 nitrogen and oxygen atoms in total. The molecule has 1 amide bonds. The number of anilines is 1. The molecule has 0 aliphatic heterocycles. The second-order valence-corrected chi connectivity index (χ2v) is 4.66. The average molecular weight is 332 g/mol. The van der Waals surface area contributed by atoms with E-state index in [4.69, 9.17) is 14.2 Å². The van der Waals surface area contributed by atoms with E-state index in [1.807, 2.05) is 0 Å². The van der Waals surface area contributed by atoms with Crippen LogP contribution in [0.2, 0.25) is 0 Å². The molecule has 2 aromatic carbocycles. The molecule has 0 aliphatic rings. The van der Waals surface area contributed by atoms with Gasteiger partial charge in [0.1, 0.15) is 11.5 Å². The first-order valence-electron chi connectivity index (χ1n) is 6.86. The predicted octanol–water partition coefficient (Wildman–Crippen LogP) is 2.87. The number of carbonyl (C=O) groups is 1. The normalized spacial score (nSPS) is 9.96. The van der Waals surface area contributed by atoms with Gasteiger partial charge in [-0.25, -0.2) is 0 Å². The summed E-state index contributed by atoms with van der Waals surface area (Å²) in [6, 6.07) is 9.05. The molecular formula is C16H16N2O6. The first kappa shape index (κ1) is 17.1. The molecule has 2 aromatic rings. The van der Waals surface area contributed by atoms with Gasteiger partial charge in [-0.2, -0.15) is 0 Å². The molecule has 126 valence electrons. The van der Waals surface area contributed by atoms with Crippen molar-refractivity contribution >= 4 is 17.3 Å². The Kier molecular flexibility index (Phi) is 5.20. The Morgan fingerprint density at radius 3 is 2.12 bits per heavy atom. The van der Waals surface area contributed by atoms with Crippen LogP contribution in [0.25, 0.3) is 0 Å². The Morgan fingerprint density at radius 1 is 1.00 bits per heavy atom. The Morgan fingerprint density at radius 2 is 1.62 bits per heavy atom. The number of ether oxygens (including phenoxy) is 3. The van der Waals surface area contributed by atoms with E-state index in [2.05, 4.69) is 5.32 Å². The van der Waals surface area contributed by atoms with Crippen molar-refractivity contribution < 1.29 is 23.9 Å². The maximum absolute atomic E-state index is 12.3. The number of nitrogens with one attached hydrogen (secondary N) is 1. The third-order valence-corrected chi connectivity index (χ3v) is 3.30. The minimum absolute atomic E-state index is 0.0193. The van der Waals surface area contributed by atoms with Crippen molar-refractivity contribution in [2.45, 2.75) is 0 Å². The lowest BCUT2D eigenvalue weighted by Crippen LogP contribution is -2.13. The Balaban J connectivity index is 2.33. The Labute approximate surface area is 138 Å². The van der Waals surface area contributed by atoms with E-state index in [0.29, 0.717) is 11.3 Å². The fourth-order valence-corrected chi connectivity index (χ4v) is 2.06. The smallest absolute Gasteiger partial charge is 0.314 e. The molecule has 0 aliphatic carbocycles. The van der Waals surface area contributed by atoms with Gasteiger partial charge in [-0.3, -0.25) is 14.9 Å². The van der Waals surface area contributed by atoms with Crippen molar-refractivity contribution in [2.75, 3.05) is 26.6 Å². The fourth-order valence-electron chi connectivity index (χ4n) is 2.06. The van der Waals surface area contributed by atoms with Crippen LogP contribution in [0.5, 0.6) is 17.2 Å². The minimum Gasteiger partial charge on any atom is -0.497 e. The standard InChI is InChI=1S/C16H16N2O6/c1-22-11-6-4-10(5-7-11)16(19)17-12-8-15(24-3)13(18(20)21)9-14(12)23-2/h4-9H,1-3H3,(H,17,19). The lowest BCUT2D eigenvalue weighted by molar-refractivity contribution is -0.385. The predicted molar refractivity (Wildman–Crippen MR) is 87.1 cm³/mol. The Bertz CT molecular complexity index is 758. The highest BCUT2D eigenvalue weighted by molar-refractivity contribution is 6.05. The highest BCUT2D eigenvalue weighted by Gasteiger charge is 2.21. The molecule has 2 rings (SSSR count). The molecule has 8 heteroatoms. The zero-order valence-corrected chi connectivity index (χ0v) is 13.4. The largest absolute Gasteiger partial charge is 0.497 e. The number of methoxy groups -OCH3 is 3. The van der Waals surface area contributed by atoms with E-state index in [0.717, 1.165) is 0 Å². The lowest BCUT2D eigenvalue weighted by Gasteiger charge is -2.12. The van der Waals surface area contributed by atoms with Crippen LogP contribution in [-0.2, 0) is 0 Å². The molecule has 0 bridgehead atoms. The highest BCUT2D eigenvalue weighted by Crippen LogP contribution is 2.37. The number of hydrogen-bond acceptors (Lipinski definition) is 6. The van der Waals surface area contributed by atoms with Crippen LogP contribution in [-0.4, -0.2) is 32.2 Å². The van der Waals surface area contributed by atoms with Crippen molar-refractivity contribution in [1.29, 1.82) is 0 Å². The molecule has 0 radical (unpaired) electrons. The van der Waals surface area contributed by atoms with Crippen molar-refractivity contribution in [2.24, 2.45) is 0 Å². The van der Waals surface area contributed by atoms with E-state index in [9.17, 15) is 14.9 Å². The zero-order chi connectivity index (χ0) is 17.7. The summed E-state index contributed by atoms with van der Waals surface area (Å²) in [7, 11) is 4.20. The van der Waals surface area contributed by atoms with Gasteiger partial charge in [0.05, 0.1) is 38.0 Å². The van der Waals surface area contributed by atoms with Crippen LogP contribution >= 0.6 is 0 Å². The van der Waals surface area contributed by atoms with Gasteiger partial charge < -0.3 is 19.5 Å². The number of carbonyl (C=O) groups excluding carboxylic acids is 1. The highest BCUT2D eigenvalue weighted by atomic mass is 16.6. The monoisotopic (exact) mass is 332 g/mol. The summed E-state index contributed by atoms with van der Waals surface area (Å²) >= 11 is 0. The summed E-state index contributed by atoms with van der Waals surface area (Å²) < 4.78 is 15.2. The molecular weight excluding hydrogens is 316 g/mol. The maximum atomic E-state index is 12.3. The van der Waals surface area contributed by atoms with Crippen LogP contribution in [0.3, 0.4) is 0 Å². The summed E-state index contributed by atoms with van der Waals surface area (Å²) in [5, 5.41) is 13.7. The topological polar surface area (TPSA) is 99.9 Å². The van der Waals surface area contributed by atoms with E-state index in [1.54, 1.807) is 24.3 Å². The number of amides is 1. The third-order valence-electron chi connectivity index (χ3n) is 3.30. The van der Waals surface area contributed by atoms with E-state index in [-0.39, 0.29) is 22.9 Å². The molecule has 0 saturated heterocycles. The summed E-state index contributed by atoms with van der Waals surface area (Å²) in [5.74, 6) is 0.406. The molecule has 0 fully saturated rings. The van der Waals surface area contributed by atoms with Crippen molar-refractivity contribution in [3.8, 4) is 17.2 Å². The maximum Gasteiger partial charge on any atom is 0.314 e. The second kappa shape index (κ2) is 7.32. The van der Waals surface area contributed by atoms with E-state index >= 15 is 0 Å². The number of benzene rings is 2. The molecule has 0 saturated carbocycles. The molecule has 24 heavy (non-hydrogen) atoms. The summed E-state index contributed by atoms with van der Waals surface area (Å²) in [4.78, 5) is 22.8. The molecule has 0 aromatic heterocycles. The molecule has 0 spiro atoms. The number of nitrogens with zero attached hydrogens (tertiary/aromatic N) is 1. The molecule has 1 N–H and O–H groups in total. The van der Waals surface area contributed by atoms with Gasteiger partial charge in [0.2, 0.25) is 0 Å². The van der Waals surface area contributed by atoms with Gasteiger partial charge in [0.15, 0.2) is 5.75 Å². The average Bonchev–Trinajstić information content (AvgIpc) is 2.61. The van der Waals surface area contributed by atoms with Gasteiger partial charge in [0, 0.05) is 11.6 Å². The van der Waals surface area contributed by atoms with Crippen molar-refractivity contribution in [1.82, 2.24) is 0 Å². The van der Waals surface area contributed by atoms with Gasteiger partial charge in [-0.05, 0) is 24.3 Å². The van der Waals surface area contributed by atoms with Gasteiger partial charge in [0.25, 0.3) is 5.91 Å². The first-order valence-corrected chi connectivity index (χ1v) is 6.86. The Hall–Kier alpha value is -3.29. The molecule has 0 heterocycles. The number of nitro benzene ring substituents is 1. The summed E-state index contributed by atoms with van der Waals surface area (Å²) in [6.07, 6.45) is 0. The molecule has 0 atom stereocenters. The quantitative estimate of drug-likeness (QED) is 0.645. The van der Waals surface area contributed by atoms with Crippen LogP contribution in [0, 0.1) is 10.1 Å². The van der Waals surface area contributed by atoms with Crippen molar-refractivity contribution in [3.05, 3.63) is 52.1 Å². The van der Waals surface area contributed by atoms with Crippen LogP contribution in [0.15, 0.2) is 36.4 Å². The third kappa shape index (κ3) is 3.54. The van der Waals surface area contributed by atoms with Crippen LogP contribution in [0.4, 0.5) is 11.4 Å². The molecule has 0 unspecified atom stereocenters. The first-order chi connectivity index (χ1) is 11.5. The zero-order valence-electron chi connectivity index (χ0n) is 13.4. The van der Waals surface area contributed by atoms with E-state index < -0.39 is 10.8 Å². The van der Waals surface area contributed by atoms with Crippen molar-refractivity contribution in [3.63, 3.8) is 0 Å². The summed E-state index contributed by atoms with van der Waals surface area (Å²) in [6.45, 7) is 0. The van der Waals surface area contributed by atoms with Gasteiger partial charge in [-0.15, -0.1) is 0 Å². The lowest BCUT2D eigenvalue weighted by atomic mass is 10.2. The van der Waals surface area contributed by atoms with Gasteiger partial charge >= 0.3 is 5.69 Å². The van der Waals surface area contributed by atoms with Crippen LogP contribution < -0.4 is 19.5 Å². The van der Waals surface area contributed by atoms with E-state index in [1.165, 1.54) is 33.5 Å². The minimum atomic E-state index is -0.587. The van der Waals surface area contributed by atoms with Gasteiger partial charge in [-0.1, -0.05) is 0 Å². The SMILES string of the molecule is COc1ccc(C(=O)Nc2cc(OC)c([N+](=O)[O-])cc2OC)cc1. The number of hydrogen-bond donors (Lipinski definition) is 1. The number of rotatable bonds is 6.